The first-order chi connectivity index (χ1) is 15.2. The highest BCUT2D eigenvalue weighted by Crippen LogP contribution is 2.45. The van der Waals surface area contributed by atoms with Gasteiger partial charge in [-0.15, -0.1) is 0 Å². The van der Waals surface area contributed by atoms with Crippen LogP contribution < -0.4 is 14.8 Å². The molecule has 0 bridgehead atoms. The summed E-state index contributed by atoms with van der Waals surface area (Å²) in [6, 6.07) is 12.6. The van der Waals surface area contributed by atoms with E-state index in [1.165, 1.54) is 0 Å². The van der Waals surface area contributed by atoms with Gasteiger partial charge in [0.25, 0.3) is 5.91 Å². The van der Waals surface area contributed by atoms with Gasteiger partial charge in [-0.3, -0.25) is 9.59 Å². The number of benzene rings is 2. The van der Waals surface area contributed by atoms with E-state index in [0.717, 1.165) is 24.0 Å². The molecule has 2 atom stereocenters. The van der Waals surface area contributed by atoms with Gasteiger partial charge < -0.3 is 24.4 Å². The Kier molecular flexibility index (Phi) is 6.42. The van der Waals surface area contributed by atoms with Crippen molar-refractivity contribution in [3.63, 3.8) is 0 Å². The van der Waals surface area contributed by atoms with Crippen molar-refractivity contribution < 1.29 is 23.8 Å². The second-order valence-electron chi connectivity index (χ2n) is 7.76. The second kappa shape index (κ2) is 9.39. The third-order valence-corrected chi connectivity index (χ3v) is 5.75. The highest BCUT2D eigenvalue weighted by atomic mass is 16.7. The lowest BCUT2D eigenvalue weighted by atomic mass is 9.79. The summed E-state index contributed by atoms with van der Waals surface area (Å²) in [7, 11) is 1.64. The number of fused-ring (bicyclic) bond motifs is 2. The molecule has 4 rings (SSSR count). The molecule has 0 radical (unpaired) electrons. The molecule has 1 N–H and O–H groups in total. The van der Waals surface area contributed by atoms with Crippen molar-refractivity contribution in [2.45, 2.75) is 31.7 Å². The van der Waals surface area contributed by atoms with E-state index >= 15 is 0 Å². The van der Waals surface area contributed by atoms with Crippen LogP contribution in [-0.4, -0.2) is 50.3 Å². The minimum absolute atomic E-state index is 0.0523. The van der Waals surface area contributed by atoms with Crippen LogP contribution in [0.4, 0.5) is 0 Å². The van der Waals surface area contributed by atoms with E-state index in [0.29, 0.717) is 36.8 Å². The molecule has 7 heteroatoms. The second-order valence-corrected chi connectivity index (χ2v) is 7.76. The summed E-state index contributed by atoms with van der Waals surface area (Å²) in [5.41, 5.74) is 2.20. The summed E-state index contributed by atoms with van der Waals surface area (Å²) < 4.78 is 16.1. The lowest BCUT2D eigenvalue weighted by molar-refractivity contribution is -0.124. The molecule has 0 fully saturated rings. The monoisotopic (exact) mass is 424 g/mol. The number of nitrogens with zero attached hydrogens (tertiary/aromatic N) is 1. The predicted octanol–water partition coefficient (Wildman–Crippen LogP) is 3.26. The van der Waals surface area contributed by atoms with Crippen LogP contribution in [0.5, 0.6) is 11.5 Å². The Morgan fingerprint density at radius 2 is 2.00 bits per heavy atom. The third kappa shape index (κ3) is 4.10. The van der Waals surface area contributed by atoms with E-state index < -0.39 is 12.0 Å². The van der Waals surface area contributed by atoms with Gasteiger partial charge in [0.1, 0.15) is 0 Å². The molecular weight excluding hydrogens is 396 g/mol. The minimum Gasteiger partial charge on any atom is -0.454 e. The molecule has 0 unspecified atom stereocenters. The summed E-state index contributed by atoms with van der Waals surface area (Å²) in [4.78, 5) is 28.7. The van der Waals surface area contributed by atoms with E-state index in [1.54, 1.807) is 13.2 Å². The minimum atomic E-state index is -0.525. The number of rotatable bonds is 8. The number of amides is 2. The van der Waals surface area contributed by atoms with E-state index in [4.69, 9.17) is 14.2 Å². The van der Waals surface area contributed by atoms with Crippen LogP contribution in [-0.2, 0) is 9.53 Å². The number of hydrogen-bond donors (Lipinski definition) is 1. The Morgan fingerprint density at radius 3 is 2.81 bits per heavy atom. The molecule has 2 amide bonds. The van der Waals surface area contributed by atoms with Gasteiger partial charge in [-0.1, -0.05) is 31.2 Å². The van der Waals surface area contributed by atoms with Crippen molar-refractivity contribution in [2.24, 2.45) is 0 Å². The van der Waals surface area contributed by atoms with E-state index in [1.807, 2.05) is 48.2 Å². The van der Waals surface area contributed by atoms with Gasteiger partial charge in [-0.2, -0.15) is 0 Å². The topological polar surface area (TPSA) is 77.1 Å². The van der Waals surface area contributed by atoms with Crippen LogP contribution in [0.2, 0.25) is 0 Å². The molecule has 0 saturated heterocycles. The molecule has 0 saturated carbocycles. The van der Waals surface area contributed by atoms with E-state index in [9.17, 15) is 9.59 Å². The molecule has 2 aliphatic rings. The summed E-state index contributed by atoms with van der Waals surface area (Å²) >= 11 is 0. The Labute approximate surface area is 182 Å². The maximum absolute atomic E-state index is 13.5. The van der Waals surface area contributed by atoms with Crippen LogP contribution in [0.15, 0.2) is 42.5 Å². The molecular formula is C24H28N2O5. The van der Waals surface area contributed by atoms with E-state index in [-0.39, 0.29) is 18.6 Å². The first-order valence-electron chi connectivity index (χ1n) is 10.7. The Hall–Kier alpha value is -3.06. The van der Waals surface area contributed by atoms with Gasteiger partial charge in [0.05, 0.1) is 12.0 Å². The summed E-state index contributed by atoms with van der Waals surface area (Å²) in [6.07, 6.45) is 1.51. The fraction of sp³-hybridized carbons (Fsp3) is 0.417. The number of nitrogens with one attached hydrogen (secondary N) is 1. The first-order valence-corrected chi connectivity index (χ1v) is 10.7. The SMILES string of the molecule is CCCN1C(=O)c2ccccc2[C@H](C(=O)NCCCOC)[C@@H]1c1ccc2c(c1)OCO2. The number of carbonyl (C=O) groups excluding carboxylic acids is 2. The van der Waals surface area contributed by atoms with Gasteiger partial charge >= 0.3 is 0 Å². The molecule has 0 spiro atoms. The highest BCUT2D eigenvalue weighted by molar-refractivity contribution is 6.01. The van der Waals surface area contributed by atoms with Crippen molar-refractivity contribution in [1.29, 1.82) is 0 Å². The zero-order chi connectivity index (χ0) is 21.8. The molecule has 7 nitrogen and oxygen atoms in total. The van der Waals surface area contributed by atoms with Crippen molar-refractivity contribution in [2.75, 3.05) is 33.6 Å². The molecule has 2 heterocycles. The number of ether oxygens (including phenoxy) is 3. The molecule has 0 aliphatic carbocycles. The summed E-state index contributed by atoms with van der Waals surface area (Å²) in [5, 5.41) is 3.04. The molecule has 2 aromatic rings. The summed E-state index contributed by atoms with van der Waals surface area (Å²) in [5.74, 6) is 0.639. The fourth-order valence-corrected chi connectivity index (χ4v) is 4.37. The molecule has 164 valence electrons. The number of carbonyl (C=O) groups is 2. The number of hydrogen-bond acceptors (Lipinski definition) is 5. The third-order valence-electron chi connectivity index (χ3n) is 5.75. The van der Waals surface area contributed by atoms with Gasteiger partial charge in [-0.25, -0.2) is 0 Å². The molecule has 2 aromatic carbocycles. The van der Waals surface area contributed by atoms with Crippen LogP contribution in [0.1, 0.15) is 53.2 Å². The Bertz CT molecular complexity index is 961. The standard InChI is InChI=1S/C24H28N2O5/c1-3-12-26-22(16-9-10-19-20(14-16)31-15-30-19)21(23(27)25-11-6-13-29-2)17-7-4-5-8-18(17)24(26)28/h4-5,7-10,14,21-22H,3,6,11-13,15H2,1-2H3,(H,25,27)/t21-,22-/m0/s1. The first kappa shape index (κ1) is 21.2. The van der Waals surface area contributed by atoms with Crippen LogP contribution in [0.25, 0.3) is 0 Å². The quantitative estimate of drug-likeness (QED) is 0.659. The average molecular weight is 424 g/mol. The Morgan fingerprint density at radius 1 is 1.19 bits per heavy atom. The van der Waals surface area contributed by atoms with Crippen LogP contribution in [0, 0.1) is 0 Å². The summed E-state index contributed by atoms with van der Waals surface area (Å²) in [6.45, 7) is 3.85. The normalized spacial score (nSPS) is 19.3. The van der Waals surface area contributed by atoms with Crippen molar-refractivity contribution >= 4 is 11.8 Å². The molecule has 31 heavy (non-hydrogen) atoms. The largest absolute Gasteiger partial charge is 0.454 e. The van der Waals surface area contributed by atoms with Crippen molar-refractivity contribution in [3.05, 3.63) is 59.2 Å². The highest BCUT2D eigenvalue weighted by Gasteiger charge is 2.44. The van der Waals surface area contributed by atoms with Gasteiger partial charge in [0, 0.05) is 32.4 Å². The predicted molar refractivity (Wildman–Crippen MR) is 115 cm³/mol. The van der Waals surface area contributed by atoms with Gasteiger partial charge in [0.2, 0.25) is 12.7 Å². The lowest BCUT2D eigenvalue weighted by Gasteiger charge is -2.41. The zero-order valence-electron chi connectivity index (χ0n) is 17.9. The smallest absolute Gasteiger partial charge is 0.254 e. The van der Waals surface area contributed by atoms with E-state index in [2.05, 4.69) is 5.32 Å². The molecule has 0 aromatic heterocycles. The zero-order valence-corrected chi connectivity index (χ0v) is 17.9. The molecule has 2 aliphatic heterocycles. The van der Waals surface area contributed by atoms with Crippen LogP contribution in [0.3, 0.4) is 0 Å². The number of methoxy groups -OCH3 is 1. The van der Waals surface area contributed by atoms with Crippen molar-refractivity contribution in [3.8, 4) is 11.5 Å². The van der Waals surface area contributed by atoms with Crippen LogP contribution >= 0.6 is 0 Å². The maximum Gasteiger partial charge on any atom is 0.254 e. The fourth-order valence-electron chi connectivity index (χ4n) is 4.37. The van der Waals surface area contributed by atoms with Gasteiger partial charge in [0.15, 0.2) is 11.5 Å². The lowest BCUT2D eigenvalue weighted by Crippen LogP contribution is -2.47. The average Bonchev–Trinajstić information content (AvgIpc) is 3.26. The van der Waals surface area contributed by atoms with Crippen molar-refractivity contribution in [1.82, 2.24) is 10.2 Å². The Balaban J connectivity index is 1.76. The maximum atomic E-state index is 13.5. The van der Waals surface area contributed by atoms with Gasteiger partial charge in [-0.05, 0) is 42.2 Å².